The highest BCUT2D eigenvalue weighted by Crippen LogP contribution is 2.49. The van der Waals surface area contributed by atoms with Crippen molar-refractivity contribution in [1.82, 2.24) is 0 Å². The number of rotatable bonds is 26. The van der Waals surface area contributed by atoms with Crippen LogP contribution >= 0.6 is 0 Å². The van der Waals surface area contributed by atoms with Gasteiger partial charge in [-0.2, -0.15) is 0 Å². The molecule has 3 aromatic rings. The van der Waals surface area contributed by atoms with Crippen molar-refractivity contribution in [3.63, 3.8) is 0 Å². The van der Waals surface area contributed by atoms with E-state index in [2.05, 4.69) is 6.92 Å². The molecular formula is C50H68O11. The van der Waals surface area contributed by atoms with E-state index in [1.807, 2.05) is 112 Å². The summed E-state index contributed by atoms with van der Waals surface area (Å²) in [7, 11) is 6.14. The Morgan fingerprint density at radius 3 is 2.02 bits per heavy atom. The molecule has 11 nitrogen and oxygen atoms in total. The van der Waals surface area contributed by atoms with Crippen LogP contribution in [0.15, 0.2) is 103 Å². The van der Waals surface area contributed by atoms with Gasteiger partial charge in [-0.15, -0.1) is 0 Å². The summed E-state index contributed by atoms with van der Waals surface area (Å²) in [6, 6.07) is 25.4. The number of carbonyl (C=O) groups is 2. The Balaban J connectivity index is 1.66. The molecule has 0 saturated carbocycles. The number of hydrogen-bond donors (Lipinski definition) is 0. The van der Waals surface area contributed by atoms with Crippen LogP contribution in [0.5, 0.6) is 11.5 Å². The second kappa shape index (κ2) is 25.4. The Morgan fingerprint density at radius 1 is 0.803 bits per heavy atom. The Labute approximate surface area is 363 Å². The van der Waals surface area contributed by atoms with Crippen LogP contribution in [0.3, 0.4) is 0 Å². The van der Waals surface area contributed by atoms with Gasteiger partial charge in [0.25, 0.3) is 0 Å². The van der Waals surface area contributed by atoms with E-state index in [9.17, 15) is 9.59 Å². The van der Waals surface area contributed by atoms with Gasteiger partial charge in [0.2, 0.25) is 5.79 Å². The average Bonchev–Trinajstić information content (AvgIpc) is 3.27. The molecule has 0 bridgehead atoms. The number of esters is 2. The van der Waals surface area contributed by atoms with Crippen LogP contribution in [-0.2, 0) is 62.6 Å². The van der Waals surface area contributed by atoms with E-state index < -0.39 is 41.5 Å². The lowest BCUT2D eigenvalue weighted by molar-refractivity contribution is -0.339. The molecule has 1 unspecified atom stereocenters. The normalized spacial score (nSPS) is 19.7. The zero-order valence-electron chi connectivity index (χ0n) is 37.5. The molecule has 4 rings (SSSR count). The van der Waals surface area contributed by atoms with E-state index in [0.717, 1.165) is 53.9 Å². The highest BCUT2D eigenvalue weighted by molar-refractivity contribution is 5.83. The van der Waals surface area contributed by atoms with Gasteiger partial charge in [-0.3, -0.25) is 4.79 Å². The highest BCUT2D eigenvalue weighted by Gasteiger charge is 2.59. The molecule has 0 N–H and O–H groups in total. The summed E-state index contributed by atoms with van der Waals surface area (Å²) in [5, 5.41) is 0. The van der Waals surface area contributed by atoms with Crippen LogP contribution < -0.4 is 9.47 Å². The SMILES string of the molecule is CCCCCCCC(=O)O[C@H]1/C(=C/C(=O)OC)CC(C[C@H](OCc2ccc(OC)cc2)[C@H](C)OCc2ccccc2)O[C@@]1(OC)C(C)(C)/C=C/COCc1ccc(OC)cc1. The van der Waals surface area contributed by atoms with Gasteiger partial charge >= 0.3 is 11.9 Å². The maximum absolute atomic E-state index is 13.7. The molecule has 334 valence electrons. The van der Waals surface area contributed by atoms with Crippen LogP contribution in [0.1, 0.15) is 95.8 Å². The first-order valence-corrected chi connectivity index (χ1v) is 21.5. The predicted molar refractivity (Wildman–Crippen MR) is 235 cm³/mol. The first-order chi connectivity index (χ1) is 29.5. The fourth-order valence-corrected chi connectivity index (χ4v) is 7.48. The minimum atomic E-state index is -1.59. The minimum absolute atomic E-state index is 0.224. The first kappa shape index (κ1) is 49.1. The van der Waals surface area contributed by atoms with E-state index in [4.69, 9.17) is 42.6 Å². The van der Waals surface area contributed by atoms with Crippen LogP contribution in [0.4, 0.5) is 0 Å². The molecular weight excluding hydrogens is 777 g/mol. The van der Waals surface area contributed by atoms with Gasteiger partial charge in [0.15, 0.2) is 6.10 Å². The fourth-order valence-electron chi connectivity index (χ4n) is 7.48. The second-order valence-corrected chi connectivity index (χ2v) is 16.0. The predicted octanol–water partition coefficient (Wildman–Crippen LogP) is 9.89. The Morgan fingerprint density at radius 2 is 1.41 bits per heavy atom. The van der Waals surface area contributed by atoms with E-state index >= 15 is 0 Å². The molecule has 0 aromatic heterocycles. The van der Waals surface area contributed by atoms with Crippen molar-refractivity contribution in [2.75, 3.05) is 35.0 Å². The molecule has 0 aliphatic carbocycles. The minimum Gasteiger partial charge on any atom is -0.497 e. The monoisotopic (exact) mass is 844 g/mol. The summed E-state index contributed by atoms with van der Waals surface area (Å²) in [6.45, 7) is 9.46. The van der Waals surface area contributed by atoms with E-state index in [1.54, 1.807) is 21.3 Å². The summed E-state index contributed by atoms with van der Waals surface area (Å²) in [5.74, 6) is -1.03. The smallest absolute Gasteiger partial charge is 0.330 e. The van der Waals surface area contributed by atoms with Crippen LogP contribution in [-0.4, -0.2) is 77.2 Å². The summed E-state index contributed by atoms with van der Waals surface area (Å²) in [4.78, 5) is 26.8. The Bertz CT molecular complexity index is 1790. The van der Waals surface area contributed by atoms with Crippen molar-refractivity contribution >= 4 is 11.9 Å². The van der Waals surface area contributed by atoms with Gasteiger partial charge < -0.3 is 42.6 Å². The first-order valence-electron chi connectivity index (χ1n) is 21.5. The molecule has 1 saturated heterocycles. The molecule has 1 aliphatic heterocycles. The van der Waals surface area contributed by atoms with E-state index in [0.29, 0.717) is 44.8 Å². The second-order valence-electron chi connectivity index (χ2n) is 16.0. The van der Waals surface area contributed by atoms with Gasteiger partial charge in [-0.05, 0) is 66.3 Å². The Hall–Kier alpha value is -4.52. The summed E-state index contributed by atoms with van der Waals surface area (Å²) < 4.78 is 54.9. The number of unbranched alkanes of at least 4 members (excludes halogenated alkanes) is 4. The van der Waals surface area contributed by atoms with Crippen molar-refractivity contribution in [2.45, 2.75) is 129 Å². The fraction of sp³-hybridized carbons (Fsp3) is 0.520. The molecule has 0 amide bonds. The number of hydrogen-bond acceptors (Lipinski definition) is 11. The topological polar surface area (TPSA) is 117 Å². The third kappa shape index (κ3) is 15.1. The maximum Gasteiger partial charge on any atom is 0.330 e. The maximum atomic E-state index is 13.7. The molecule has 1 fully saturated rings. The zero-order chi connectivity index (χ0) is 44.1. The lowest BCUT2D eigenvalue weighted by Crippen LogP contribution is -2.63. The molecule has 3 aromatic carbocycles. The quantitative estimate of drug-likeness (QED) is 0.0333. The van der Waals surface area contributed by atoms with Crippen molar-refractivity contribution in [3.8, 4) is 11.5 Å². The van der Waals surface area contributed by atoms with Crippen molar-refractivity contribution in [3.05, 3.63) is 119 Å². The summed E-state index contributed by atoms with van der Waals surface area (Å²) in [5.41, 5.74) is 2.58. The molecule has 61 heavy (non-hydrogen) atoms. The van der Waals surface area contributed by atoms with Crippen LogP contribution in [0, 0.1) is 5.41 Å². The average molecular weight is 845 g/mol. The molecule has 0 spiro atoms. The van der Waals surface area contributed by atoms with Crippen molar-refractivity contribution in [1.29, 1.82) is 0 Å². The van der Waals surface area contributed by atoms with E-state index in [1.165, 1.54) is 13.2 Å². The number of carbonyl (C=O) groups excluding carboxylic acids is 2. The molecule has 11 heteroatoms. The lowest BCUT2D eigenvalue weighted by atomic mass is 9.74. The van der Waals surface area contributed by atoms with Gasteiger partial charge in [0.1, 0.15) is 11.5 Å². The van der Waals surface area contributed by atoms with Gasteiger partial charge in [0, 0.05) is 31.4 Å². The van der Waals surface area contributed by atoms with Crippen LogP contribution in [0.2, 0.25) is 0 Å². The van der Waals surface area contributed by atoms with Crippen molar-refractivity contribution in [2.24, 2.45) is 5.41 Å². The van der Waals surface area contributed by atoms with Gasteiger partial charge in [-0.1, -0.05) is 113 Å². The standard InChI is InChI=1S/C50H68O11/c1-9-10-11-12-16-20-46(51)60-48-41(32-47(52)55-7)31-44(61-50(48,56-8)49(3,4)29-17-30-57-34-39-21-25-42(53-5)26-22-39)33-45(37(2)58-35-38-18-14-13-15-19-38)59-36-40-23-27-43(54-6)28-24-40/h13-15,17-19,21-29,32,37,44-45,48H,9-12,16,20,30-31,33-36H2,1-8H3/b29-17+,41-32+/t37-,44?,45-,48-,50+/m0/s1. The summed E-state index contributed by atoms with van der Waals surface area (Å²) >= 11 is 0. The third-order valence-electron chi connectivity index (χ3n) is 11.1. The molecule has 1 heterocycles. The molecule has 1 aliphatic rings. The molecule has 0 radical (unpaired) electrons. The molecule has 5 atom stereocenters. The van der Waals surface area contributed by atoms with Crippen LogP contribution in [0.25, 0.3) is 0 Å². The van der Waals surface area contributed by atoms with Crippen molar-refractivity contribution < 1.29 is 52.2 Å². The number of methoxy groups -OCH3 is 4. The lowest BCUT2D eigenvalue weighted by Gasteiger charge is -2.53. The largest absolute Gasteiger partial charge is 0.497 e. The summed E-state index contributed by atoms with van der Waals surface area (Å²) in [6.07, 6.45) is 8.48. The van der Waals surface area contributed by atoms with Gasteiger partial charge in [-0.25, -0.2) is 4.79 Å². The third-order valence-corrected chi connectivity index (χ3v) is 11.1. The number of ether oxygens (including phenoxy) is 9. The zero-order valence-corrected chi connectivity index (χ0v) is 37.5. The highest BCUT2D eigenvalue weighted by atomic mass is 16.7. The van der Waals surface area contributed by atoms with E-state index in [-0.39, 0.29) is 18.9 Å². The van der Waals surface area contributed by atoms with Gasteiger partial charge in [0.05, 0.1) is 66.1 Å². The number of benzene rings is 3. The Kier molecular flexibility index (Phi) is 20.5.